The fourth-order valence-corrected chi connectivity index (χ4v) is 2.82. The highest BCUT2D eigenvalue weighted by molar-refractivity contribution is 5.97. The van der Waals surface area contributed by atoms with Crippen molar-refractivity contribution >= 4 is 11.9 Å². The monoisotopic (exact) mass is 417 g/mol. The molecule has 0 bridgehead atoms. The van der Waals surface area contributed by atoms with Crippen LogP contribution >= 0.6 is 0 Å². The van der Waals surface area contributed by atoms with Gasteiger partial charge >= 0.3 is 12.3 Å². The Morgan fingerprint density at radius 3 is 2.28 bits per heavy atom. The maximum atomic E-state index is 12.5. The number of rotatable bonds is 5. The maximum Gasteiger partial charge on any atom is 0.422 e. The van der Waals surface area contributed by atoms with Gasteiger partial charge in [-0.3, -0.25) is 4.79 Å². The first-order valence-electron chi connectivity index (χ1n) is 9.33. The van der Waals surface area contributed by atoms with Crippen LogP contribution in [0, 0.1) is 0 Å². The zero-order chi connectivity index (χ0) is 21.8. The number of carbonyl (C=O) groups is 2. The highest BCUT2D eigenvalue weighted by Gasteiger charge is 2.30. The van der Waals surface area contributed by atoms with E-state index in [1.165, 1.54) is 25.1 Å². The predicted molar refractivity (Wildman–Crippen MR) is 99.5 cm³/mol. The molecule has 0 spiro atoms. The van der Waals surface area contributed by atoms with Crippen molar-refractivity contribution in [3.05, 3.63) is 23.8 Å². The lowest BCUT2D eigenvalue weighted by molar-refractivity contribution is -0.153. The summed E-state index contributed by atoms with van der Waals surface area (Å²) >= 11 is 0. The molecule has 0 aromatic heterocycles. The zero-order valence-corrected chi connectivity index (χ0v) is 17.0. The lowest BCUT2D eigenvalue weighted by Crippen LogP contribution is -2.44. The van der Waals surface area contributed by atoms with Crippen LogP contribution in [0.3, 0.4) is 0 Å². The van der Waals surface area contributed by atoms with Gasteiger partial charge in [-0.15, -0.1) is 0 Å². The first-order chi connectivity index (χ1) is 13.3. The Kier molecular flexibility index (Phi) is 7.02. The van der Waals surface area contributed by atoms with E-state index in [4.69, 9.17) is 14.2 Å². The quantitative estimate of drug-likeness (QED) is 0.655. The fraction of sp³-hybridized carbons (Fsp3) is 0.600. The number of alkyl halides is 3. The molecule has 6 nitrogen and oxygen atoms in total. The Hall–Kier alpha value is -2.45. The van der Waals surface area contributed by atoms with E-state index in [1.807, 2.05) is 0 Å². The molecule has 1 heterocycles. The van der Waals surface area contributed by atoms with Gasteiger partial charge in [-0.1, -0.05) is 0 Å². The van der Waals surface area contributed by atoms with Crippen LogP contribution in [0.5, 0.6) is 11.5 Å². The van der Waals surface area contributed by atoms with Gasteiger partial charge in [0.25, 0.3) is 0 Å². The molecule has 0 aliphatic carbocycles. The predicted octanol–water partition coefficient (Wildman–Crippen LogP) is 4.61. The van der Waals surface area contributed by atoms with Crippen LogP contribution in [0.1, 0.15) is 50.9 Å². The topological polar surface area (TPSA) is 65.1 Å². The first-order valence-corrected chi connectivity index (χ1v) is 9.33. The molecule has 1 amide bonds. The number of halogens is 3. The number of piperidine rings is 1. The molecule has 0 atom stereocenters. The average molecular weight is 417 g/mol. The maximum absolute atomic E-state index is 12.5. The summed E-state index contributed by atoms with van der Waals surface area (Å²) in [6.45, 7) is 6.04. The van der Waals surface area contributed by atoms with Crippen LogP contribution in [0.25, 0.3) is 0 Å². The van der Waals surface area contributed by atoms with Crippen molar-refractivity contribution < 1.29 is 37.0 Å². The molecule has 1 aromatic rings. The molecule has 29 heavy (non-hydrogen) atoms. The van der Waals surface area contributed by atoms with Crippen molar-refractivity contribution in [2.75, 3.05) is 19.7 Å². The van der Waals surface area contributed by atoms with Crippen LogP contribution in [0.2, 0.25) is 0 Å². The van der Waals surface area contributed by atoms with Gasteiger partial charge < -0.3 is 19.1 Å². The molecule has 0 unspecified atom stereocenters. The van der Waals surface area contributed by atoms with Crippen LogP contribution in [0.15, 0.2) is 18.2 Å². The van der Waals surface area contributed by atoms with Crippen LogP contribution < -0.4 is 9.47 Å². The van der Waals surface area contributed by atoms with Gasteiger partial charge in [0.15, 0.2) is 12.4 Å². The van der Waals surface area contributed by atoms with Crippen molar-refractivity contribution in [1.29, 1.82) is 0 Å². The number of ether oxygens (including phenoxy) is 3. The number of hydrogen-bond acceptors (Lipinski definition) is 5. The molecule has 1 aromatic carbocycles. The molecule has 0 N–H and O–H groups in total. The minimum absolute atomic E-state index is 0.0568. The summed E-state index contributed by atoms with van der Waals surface area (Å²) < 4.78 is 53.4. The molecule has 1 aliphatic heterocycles. The van der Waals surface area contributed by atoms with Crippen molar-refractivity contribution in [2.45, 2.75) is 58.4 Å². The second-order valence-corrected chi connectivity index (χ2v) is 7.90. The van der Waals surface area contributed by atoms with Gasteiger partial charge in [0.2, 0.25) is 0 Å². The fourth-order valence-electron chi connectivity index (χ4n) is 2.82. The molecule has 1 fully saturated rings. The summed E-state index contributed by atoms with van der Waals surface area (Å²) in [6, 6.07) is 4.21. The van der Waals surface area contributed by atoms with E-state index in [2.05, 4.69) is 0 Å². The third kappa shape index (κ3) is 7.47. The molecule has 0 saturated carbocycles. The standard InChI is InChI=1S/C20H26F3NO5/c1-13(25)16-6-5-15(11-17(16)27-12-20(21,22)23)28-14-7-9-24(10-8-14)18(26)29-19(2,3)4/h5-6,11,14H,7-10,12H2,1-4H3. The number of hydrogen-bond donors (Lipinski definition) is 0. The van der Waals surface area contributed by atoms with E-state index < -0.39 is 24.2 Å². The highest BCUT2D eigenvalue weighted by atomic mass is 19.4. The minimum Gasteiger partial charge on any atom is -0.490 e. The van der Waals surface area contributed by atoms with Crippen molar-refractivity contribution in [1.82, 2.24) is 4.90 Å². The molecular formula is C20H26F3NO5. The largest absolute Gasteiger partial charge is 0.490 e. The van der Waals surface area contributed by atoms with Gasteiger partial charge in [-0.05, 0) is 39.8 Å². The van der Waals surface area contributed by atoms with Gasteiger partial charge in [-0.25, -0.2) is 4.79 Å². The smallest absolute Gasteiger partial charge is 0.422 e. The number of Topliss-reactive ketones (excluding diaryl/α,β-unsaturated/α-hetero) is 1. The summed E-state index contributed by atoms with van der Waals surface area (Å²) in [4.78, 5) is 25.3. The summed E-state index contributed by atoms with van der Waals surface area (Å²) in [6.07, 6.45) is -4.02. The Morgan fingerprint density at radius 1 is 1.14 bits per heavy atom. The third-order valence-electron chi connectivity index (χ3n) is 4.12. The summed E-state index contributed by atoms with van der Waals surface area (Å²) in [5.74, 6) is -0.263. The minimum atomic E-state index is -4.51. The molecule has 162 valence electrons. The van der Waals surface area contributed by atoms with E-state index >= 15 is 0 Å². The molecule has 2 rings (SSSR count). The third-order valence-corrected chi connectivity index (χ3v) is 4.12. The molecular weight excluding hydrogens is 391 g/mol. The first kappa shape index (κ1) is 22.8. The van der Waals surface area contributed by atoms with E-state index in [-0.39, 0.29) is 23.5 Å². The van der Waals surface area contributed by atoms with Crippen molar-refractivity contribution in [3.63, 3.8) is 0 Å². The summed E-state index contributed by atoms with van der Waals surface area (Å²) in [7, 11) is 0. The molecule has 1 aliphatic rings. The van der Waals surface area contributed by atoms with Gasteiger partial charge in [0.05, 0.1) is 5.56 Å². The Labute approximate surface area is 167 Å². The highest BCUT2D eigenvalue weighted by Crippen LogP contribution is 2.29. The van der Waals surface area contributed by atoms with Gasteiger partial charge in [0, 0.05) is 32.0 Å². The molecule has 9 heteroatoms. The SMILES string of the molecule is CC(=O)c1ccc(OC2CCN(C(=O)OC(C)(C)C)CC2)cc1OCC(F)(F)F. The Morgan fingerprint density at radius 2 is 1.76 bits per heavy atom. The summed E-state index contributed by atoms with van der Waals surface area (Å²) in [5, 5.41) is 0. The number of ketones is 1. The van der Waals surface area contributed by atoms with E-state index in [9.17, 15) is 22.8 Å². The normalized spacial score (nSPS) is 15.8. The second kappa shape index (κ2) is 8.92. The zero-order valence-electron chi connectivity index (χ0n) is 17.0. The lowest BCUT2D eigenvalue weighted by atomic mass is 10.1. The number of likely N-dealkylation sites (tertiary alicyclic amines) is 1. The molecule has 0 radical (unpaired) electrons. The number of nitrogens with zero attached hydrogens (tertiary/aromatic N) is 1. The van der Waals surface area contributed by atoms with Crippen molar-refractivity contribution in [2.24, 2.45) is 0 Å². The van der Waals surface area contributed by atoms with Crippen LogP contribution in [-0.4, -0.2) is 54.4 Å². The number of carbonyl (C=O) groups excluding carboxylic acids is 2. The van der Waals surface area contributed by atoms with Gasteiger partial charge in [0.1, 0.15) is 23.2 Å². The Balaban J connectivity index is 1.98. The van der Waals surface area contributed by atoms with Crippen LogP contribution in [0.4, 0.5) is 18.0 Å². The number of amides is 1. The van der Waals surface area contributed by atoms with Crippen molar-refractivity contribution in [3.8, 4) is 11.5 Å². The average Bonchev–Trinajstić information content (AvgIpc) is 2.58. The summed E-state index contributed by atoms with van der Waals surface area (Å²) in [5.41, 5.74) is -0.517. The Bertz CT molecular complexity index is 735. The van der Waals surface area contributed by atoms with Crippen LogP contribution in [-0.2, 0) is 4.74 Å². The second-order valence-electron chi connectivity index (χ2n) is 7.90. The van der Waals surface area contributed by atoms with E-state index in [1.54, 1.807) is 25.7 Å². The van der Waals surface area contributed by atoms with E-state index in [0.29, 0.717) is 31.7 Å². The van der Waals surface area contributed by atoms with Gasteiger partial charge in [-0.2, -0.15) is 13.2 Å². The van der Waals surface area contributed by atoms with E-state index in [0.717, 1.165) is 0 Å². The lowest BCUT2D eigenvalue weighted by Gasteiger charge is -2.33. The molecule has 1 saturated heterocycles. The number of benzene rings is 1.